The van der Waals surface area contributed by atoms with Crippen molar-refractivity contribution in [3.05, 3.63) is 22.2 Å². The molecule has 0 radical (unpaired) electrons. The second-order valence-electron chi connectivity index (χ2n) is 5.00. The molecule has 1 aliphatic heterocycles. The fourth-order valence-electron chi connectivity index (χ4n) is 1.75. The van der Waals surface area contributed by atoms with Crippen LogP contribution in [0.15, 0.2) is 12.1 Å². The third kappa shape index (κ3) is 3.05. The number of hydrogen-bond acceptors (Lipinski definition) is 6. The van der Waals surface area contributed by atoms with E-state index < -0.39 is 16.4 Å². The Kier molecular flexibility index (Phi) is 3.99. The maximum atomic E-state index is 12.1. The summed E-state index contributed by atoms with van der Waals surface area (Å²) >= 11 is 0. The zero-order chi connectivity index (χ0) is 15.6. The number of benzene rings is 1. The number of nitrogens with one attached hydrogen (secondary N) is 1. The molecule has 3 N–H and O–H groups in total. The molecular formula is C13H17N3O5. The highest BCUT2D eigenvalue weighted by Crippen LogP contribution is 2.39. The van der Waals surface area contributed by atoms with Crippen LogP contribution in [-0.2, 0) is 4.79 Å². The minimum absolute atomic E-state index is 0.0411. The molecule has 1 unspecified atom stereocenters. The highest BCUT2D eigenvalue weighted by atomic mass is 16.6. The lowest BCUT2D eigenvalue weighted by Gasteiger charge is -2.23. The van der Waals surface area contributed by atoms with Crippen molar-refractivity contribution in [3.8, 4) is 11.5 Å². The SMILES string of the molecule is CCC(C)(N)C(=O)Nc1cc2c(cc1[N+](=O)[O-])OCCO2. The normalized spacial score (nSPS) is 16.0. The van der Waals surface area contributed by atoms with Gasteiger partial charge in [-0.05, 0) is 13.3 Å². The maximum absolute atomic E-state index is 12.1. The predicted molar refractivity (Wildman–Crippen MR) is 75.6 cm³/mol. The third-order valence-corrected chi connectivity index (χ3v) is 3.36. The van der Waals surface area contributed by atoms with Crippen molar-refractivity contribution in [1.29, 1.82) is 0 Å². The van der Waals surface area contributed by atoms with Crippen LogP contribution in [0, 0.1) is 10.1 Å². The number of nitrogens with two attached hydrogens (primary N) is 1. The molecule has 8 nitrogen and oxygen atoms in total. The van der Waals surface area contributed by atoms with E-state index in [2.05, 4.69) is 5.32 Å². The summed E-state index contributed by atoms with van der Waals surface area (Å²) in [4.78, 5) is 22.6. The molecule has 0 fully saturated rings. The number of fused-ring (bicyclic) bond motifs is 1. The molecule has 0 aliphatic carbocycles. The average molecular weight is 295 g/mol. The first-order chi connectivity index (χ1) is 9.85. The molecule has 21 heavy (non-hydrogen) atoms. The van der Waals surface area contributed by atoms with E-state index >= 15 is 0 Å². The van der Waals surface area contributed by atoms with Crippen LogP contribution in [0.25, 0.3) is 0 Å². The standard InChI is InChI=1S/C13H17N3O5/c1-3-13(2,14)12(17)15-8-6-10-11(21-5-4-20-10)7-9(8)16(18)19/h6-7H,3-5,14H2,1-2H3,(H,15,17). The van der Waals surface area contributed by atoms with Crippen molar-refractivity contribution in [1.82, 2.24) is 0 Å². The smallest absolute Gasteiger partial charge is 0.296 e. The van der Waals surface area contributed by atoms with Gasteiger partial charge < -0.3 is 20.5 Å². The Hall–Kier alpha value is -2.35. The van der Waals surface area contributed by atoms with Gasteiger partial charge in [0.1, 0.15) is 18.9 Å². The number of nitrogens with zero attached hydrogens (tertiary/aromatic N) is 1. The Bertz CT molecular complexity index is 585. The van der Waals surface area contributed by atoms with E-state index in [-0.39, 0.29) is 17.1 Å². The van der Waals surface area contributed by atoms with Gasteiger partial charge in [-0.25, -0.2) is 0 Å². The molecule has 0 saturated carbocycles. The van der Waals surface area contributed by atoms with Crippen LogP contribution in [-0.4, -0.2) is 29.6 Å². The number of carbonyl (C=O) groups is 1. The summed E-state index contributed by atoms with van der Waals surface area (Å²) in [6, 6.07) is 2.63. The van der Waals surface area contributed by atoms with Crippen LogP contribution < -0.4 is 20.5 Å². The van der Waals surface area contributed by atoms with Crippen molar-refractivity contribution in [2.24, 2.45) is 5.73 Å². The number of hydrogen-bond donors (Lipinski definition) is 2. The predicted octanol–water partition coefficient (Wildman–Crippen LogP) is 1.43. The first kappa shape index (κ1) is 15.0. The first-order valence-corrected chi connectivity index (χ1v) is 6.53. The highest BCUT2D eigenvalue weighted by molar-refractivity contribution is 5.99. The number of ether oxygens (including phenoxy) is 2. The molecule has 2 rings (SSSR count). The lowest BCUT2D eigenvalue weighted by Crippen LogP contribution is -2.47. The topological polar surface area (TPSA) is 117 Å². The average Bonchev–Trinajstić information content (AvgIpc) is 2.46. The van der Waals surface area contributed by atoms with Gasteiger partial charge in [-0.3, -0.25) is 14.9 Å². The number of carbonyl (C=O) groups excluding carboxylic acids is 1. The van der Waals surface area contributed by atoms with Gasteiger partial charge >= 0.3 is 0 Å². The third-order valence-electron chi connectivity index (χ3n) is 3.36. The second-order valence-corrected chi connectivity index (χ2v) is 5.00. The van der Waals surface area contributed by atoms with Gasteiger partial charge in [-0.2, -0.15) is 0 Å². The molecule has 8 heteroatoms. The molecule has 1 amide bonds. The Morgan fingerprint density at radius 1 is 1.43 bits per heavy atom. The van der Waals surface area contributed by atoms with Gasteiger partial charge in [0.25, 0.3) is 5.69 Å². The van der Waals surface area contributed by atoms with Gasteiger partial charge in [0.05, 0.1) is 16.5 Å². The Morgan fingerprint density at radius 3 is 2.52 bits per heavy atom. The van der Waals surface area contributed by atoms with Crippen LogP contribution >= 0.6 is 0 Å². The summed E-state index contributed by atoms with van der Waals surface area (Å²) in [6.45, 7) is 4.00. The molecule has 1 aromatic rings. The van der Waals surface area contributed by atoms with E-state index in [0.29, 0.717) is 25.4 Å². The zero-order valence-electron chi connectivity index (χ0n) is 11.8. The van der Waals surface area contributed by atoms with E-state index in [4.69, 9.17) is 15.2 Å². The van der Waals surface area contributed by atoms with Gasteiger partial charge in [0, 0.05) is 6.07 Å². The molecule has 1 aromatic carbocycles. The van der Waals surface area contributed by atoms with E-state index in [1.165, 1.54) is 12.1 Å². The summed E-state index contributed by atoms with van der Waals surface area (Å²) in [7, 11) is 0. The van der Waals surface area contributed by atoms with Crippen molar-refractivity contribution >= 4 is 17.3 Å². The van der Waals surface area contributed by atoms with E-state index in [1.807, 2.05) is 0 Å². The summed E-state index contributed by atoms with van der Waals surface area (Å²) in [6.07, 6.45) is 0.400. The van der Waals surface area contributed by atoms with E-state index in [1.54, 1.807) is 13.8 Å². The van der Waals surface area contributed by atoms with Crippen LogP contribution in [0.2, 0.25) is 0 Å². The second kappa shape index (κ2) is 5.57. The van der Waals surface area contributed by atoms with Crippen LogP contribution in [0.5, 0.6) is 11.5 Å². The number of nitro benzene ring substituents is 1. The molecule has 1 atom stereocenters. The minimum Gasteiger partial charge on any atom is -0.486 e. The molecule has 0 bridgehead atoms. The Labute approximate surface area is 121 Å². The van der Waals surface area contributed by atoms with E-state index in [0.717, 1.165) is 0 Å². The van der Waals surface area contributed by atoms with Crippen molar-refractivity contribution in [3.63, 3.8) is 0 Å². The number of rotatable bonds is 4. The molecular weight excluding hydrogens is 278 g/mol. The summed E-state index contributed by atoms with van der Waals surface area (Å²) in [5.41, 5.74) is 4.50. The van der Waals surface area contributed by atoms with Crippen LogP contribution in [0.1, 0.15) is 20.3 Å². The van der Waals surface area contributed by atoms with Crippen molar-refractivity contribution in [2.45, 2.75) is 25.8 Å². The highest BCUT2D eigenvalue weighted by Gasteiger charge is 2.29. The number of amides is 1. The minimum atomic E-state index is -1.11. The summed E-state index contributed by atoms with van der Waals surface area (Å²) < 4.78 is 10.7. The lowest BCUT2D eigenvalue weighted by molar-refractivity contribution is -0.384. The van der Waals surface area contributed by atoms with Crippen LogP contribution in [0.4, 0.5) is 11.4 Å². The fourth-order valence-corrected chi connectivity index (χ4v) is 1.75. The van der Waals surface area contributed by atoms with Gasteiger partial charge in [-0.15, -0.1) is 0 Å². The summed E-state index contributed by atoms with van der Waals surface area (Å²) in [5, 5.41) is 13.6. The molecule has 0 aromatic heterocycles. The van der Waals surface area contributed by atoms with Crippen molar-refractivity contribution < 1.29 is 19.2 Å². The first-order valence-electron chi connectivity index (χ1n) is 6.53. The van der Waals surface area contributed by atoms with Gasteiger partial charge in [0.15, 0.2) is 11.5 Å². The molecule has 0 saturated heterocycles. The molecule has 114 valence electrons. The quantitative estimate of drug-likeness (QED) is 0.641. The van der Waals surface area contributed by atoms with Gasteiger partial charge in [-0.1, -0.05) is 6.92 Å². The monoisotopic (exact) mass is 295 g/mol. The zero-order valence-corrected chi connectivity index (χ0v) is 11.8. The molecule has 0 spiro atoms. The Balaban J connectivity index is 2.38. The van der Waals surface area contributed by atoms with Crippen molar-refractivity contribution in [2.75, 3.05) is 18.5 Å². The lowest BCUT2D eigenvalue weighted by atomic mass is 9.99. The molecule has 1 heterocycles. The largest absolute Gasteiger partial charge is 0.486 e. The van der Waals surface area contributed by atoms with Gasteiger partial charge in [0.2, 0.25) is 5.91 Å². The number of nitro groups is 1. The number of anilines is 1. The summed E-state index contributed by atoms with van der Waals surface area (Å²) in [5.74, 6) is 0.152. The van der Waals surface area contributed by atoms with E-state index in [9.17, 15) is 14.9 Å². The molecule has 1 aliphatic rings. The van der Waals surface area contributed by atoms with Crippen LogP contribution in [0.3, 0.4) is 0 Å². The maximum Gasteiger partial charge on any atom is 0.296 e. The Morgan fingerprint density at radius 2 is 2.00 bits per heavy atom. The fraction of sp³-hybridized carbons (Fsp3) is 0.462.